The second kappa shape index (κ2) is 10.8. The number of carboxylic acid groups (broad SMARTS) is 1. The van der Waals surface area contributed by atoms with E-state index >= 15 is 0 Å². The van der Waals surface area contributed by atoms with Gasteiger partial charge in [0.15, 0.2) is 0 Å². The number of ether oxygens (including phenoxy) is 2. The number of aromatic nitrogens is 2. The average molecular weight is 545 g/mol. The molecule has 1 N–H and O–H groups in total. The summed E-state index contributed by atoms with van der Waals surface area (Å²) in [6, 6.07) is 26.4. The van der Waals surface area contributed by atoms with Crippen LogP contribution in [0.4, 0.5) is 0 Å². The zero-order chi connectivity index (χ0) is 28.5. The van der Waals surface area contributed by atoms with Gasteiger partial charge in [0.05, 0.1) is 18.9 Å². The minimum absolute atomic E-state index is 0.402. The van der Waals surface area contributed by atoms with E-state index in [-0.39, 0.29) is 0 Å². The van der Waals surface area contributed by atoms with E-state index in [9.17, 15) is 14.7 Å². The molecule has 6 rings (SSSR count). The molecule has 5 aromatic rings. The van der Waals surface area contributed by atoms with E-state index in [0.717, 1.165) is 33.0 Å². The third kappa shape index (κ3) is 4.80. The largest absolute Gasteiger partial charge is 0.496 e. The van der Waals surface area contributed by atoms with Crippen LogP contribution < -0.4 is 9.47 Å². The van der Waals surface area contributed by atoms with Gasteiger partial charge >= 0.3 is 11.9 Å². The Kier molecular flexibility index (Phi) is 6.93. The molecule has 0 amide bonds. The Hall–Kier alpha value is -5.04. The molecule has 4 aromatic carbocycles. The van der Waals surface area contributed by atoms with Crippen LogP contribution in [0.3, 0.4) is 0 Å². The van der Waals surface area contributed by atoms with E-state index in [2.05, 4.69) is 9.97 Å². The van der Waals surface area contributed by atoms with Crippen LogP contribution in [0.5, 0.6) is 11.5 Å². The number of fused-ring (bicyclic) bond motifs is 1. The summed E-state index contributed by atoms with van der Waals surface area (Å²) < 4.78 is 11.6. The van der Waals surface area contributed by atoms with Gasteiger partial charge < -0.3 is 14.6 Å². The number of carbonyl (C=O) groups is 2. The van der Waals surface area contributed by atoms with Crippen molar-refractivity contribution in [3.63, 3.8) is 0 Å². The number of carboxylic acids is 1. The number of carbonyl (C=O) groups excluding carboxylic acids is 1. The first kappa shape index (κ1) is 26.2. The molecule has 7 nitrogen and oxygen atoms in total. The highest BCUT2D eigenvalue weighted by atomic mass is 16.5. The van der Waals surface area contributed by atoms with Crippen molar-refractivity contribution in [1.82, 2.24) is 9.97 Å². The molecule has 1 aliphatic rings. The Balaban J connectivity index is 1.36. The van der Waals surface area contributed by atoms with Gasteiger partial charge in [0, 0.05) is 29.8 Å². The van der Waals surface area contributed by atoms with Crippen molar-refractivity contribution in [1.29, 1.82) is 0 Å². The molecule has 1 fully saturated rings. The van der Waals surface area contributed by atoms with E-state index in [1.165, 1.54) is 6.33 Å². The molecule has 4 atom stereocenters. The zero-order valence-corrected chi connectivity index (χ0v) is 22.6. The van der Waals surface area contributed by atoms with Gasteiger partial charge in [-0.1, -0.05) is 60.7 Å². The van der Waals surface area contributed by atoms with Crippen molar-refractivity contribution in [2.24, 2.45) is 11.8 Å². The lowest BCUT2D eigenvalue weighted by atomic mass is 9.52. The number of benzene rings is 4. The number of nitrogens with zero attached hydrogens (tertiary/aromatic N) is 2. The highest BCUT2D eigenvalue weighted by Crippen LogP contribution is 2.59. The van der Waals surface area contributed by atoms with Gasteiger partial charge in [-0.15, -0.1) is 0 Å². The number of esters is 1. The van der Waals surface area contributed by atoms with Gasteiger partial charge in [0.2, 0.25) is 0 Å². The topological polar surface area (TPSA) is 98.6 Å². The normalized spacial score (nSPS) is 19.8. The number of hydrogen-bond acceptors (Lipinski definition) is 6. The summed E-state index contributed by atoms with van der Waals surface area (Å²) in [6.07, 6.45) is 5.01. The fraction of sp³-hybridized carbons (Fsp3) is 0.176. The van der Waals surface area contributed by atoms with Crippen LogP contribution in [0.15, 0.2) is 104 Å². The van der Waals surface area contributed by atoms with Crippen molar-refractivity contribution >= 4 is 22.7 Å². The summed E-state index contributed by atoms with van der Waals surface area (Å²) in [5.74, 6) is -3.17. The second-order valence-corrected chi connectivity index (χ2v) is 10.3. The van der Waals surface area contributed by atoms with Gasteiger partial charge in [-0.05, 0) is 64.2 Å². The third-order valence-corrected chi connectivity index (χ3v) is 8.07. The van der Waals surface area contributed by atoms with Crippen molar-refractivity contribution in [3.8, 4) is 22.6 Å². The minimum Gasteiger partial charge on any atom is -0.496 e. The molecule has 41 heavy (non-hydrogen) atoms. The highest BCUT2D eigenvalue weighted by molar-refractivity contribution is 5.90. The molecular weight excluding hydrogens is 516 g/mol. The summed E-state index contributed by atoms with van der Waals surface area (Å²) >= 11 is 0. The van der Waals surface area contributed by atoms with Crippen molar-refractivity contribution in [3.05, 3.63) is 120 Å². The molecule has 1 heterocycles. The SMILES string of the molecule is COc1ccccc1[C@@H]1[C@@H](C(=O)O)[C@@H](c2ccccc2C)[C@@H]1C(=O)Oc1ccc2cc(-c3cncnc3)ccc2c1. The molecule has 204 valence electrons. The molecule has 0 saturated heterocycles. The molecular formula is C34H28N2O5. The van der Waals surface area contributed by atoms with Gasteiger partial charge in [-0.2, -0.15) is 0 Å². The standard InChI is InChI=1S/C34H28N2O5/c1-20-7-3-4-8-26(20)29-31(33(37)38)30(27-9-5-6-10-28(27)40-2)32(29)34(39)41-25-14-13-21-15-22(11-12-23(21)16-25)24-17-35-19-36-18-24/h3-19,29-32H,1-2H3,(H,37,38)/t29-,30-,31+,32+/m1/s1. The second-order valence-electron chi connectivity index (χ2n) is 10.3. The first-order chi connectivity index (χ1) is 20.0. The zero-order valence-electron chi connectivity index (χ0n) is 22.6. The molecule has 1 aromatic heterocycles. The van der Waals surface area contributed by atoms with E-state index in [1.54, 1.807) is 31.6 Å². The molecule has 0 unspecified atom stereocenters. The molecule has 0 bridgehead atoms. The minimum atomic E-state index is -0.955. The molecule has 0 aliphatic heterocycles. The van der Waals surface area contributed by atoms with Crippen LogP contribution in [0.1, 0.15) is 28.5 Å². The first-order valence-electron chi connectivity index (χ1n) is 13.4. The van der Waals surface area contributed by atoms with Crippen LogP contribution >= 0.6 is 0 Å². The predicted molar refractivity (Wildman–Crippen MR) is 155 cm³/mol. The lowest BCUT2D eigenvalue weighted by Crippen LogP contribution is -2.52. The Labute approximate surface area is 237 Å². The molecule has 0 radical (unpaired) electrons. The summed E-state index contributed by atoms with van der Waals surface area (Å²) in [4.78, 5) is 34.8. The summed E-state index contributed by atoms with van der Waals surface area (Å²) in [5.41, 5.74) is 4.35. The fourth-order valence-electron chi connectivity index (χ4n) is 6.12. The van der Waals surface area contributed by atoms with Crippen LogP contribution in [0.25, 0.3) is 21.9 Å². The highest BCUT2D eigenvalue weighted by Gasteiger charge is 2.60. The predicted octanol–water partition coefficient (Wildman–Crippen LogP) is 6.42. The summed E-state index contributed by atoms with van der Waals surface area (Å²) in [5, 5.41) is 12.2. The average Bonchev–Trinajstić information content (AvgIpc) is 2.98. The number of rotatable bonds is 7. The summed E-state index contributed by atoms with van der Waals surface area (Å²) in [6.45, 7) is 1.94. The van der Waals surface area contributed by atoms with E-state index in [4.69, 9.17) is 9.47 Å². The Morgan fingerprint density at radius 2 is 1.41 bits per heavy atom. The smallest absolute Gasteiger partial charge is 0.315 e. The van der Waals surface area contributed by atoms with Crippen LogP contribution in [0, 0.1) is 18.8 Å². The van der Waals surface area contributed by atoms with Crippen LogP contribution in [0.2, 0.25) is 0 Å². The van der Waals surface area contributed by atoms with E-state index in [0.29, 0.717) is 17.1 Å². The lowest BCUT2D eigenvalue weighted by Gasteiger charge is -2.49. The lowest BCUT2D eigenvalue weighted by molar-refractivity contribution is -0.158. The summed E-state index contributed by atoms with van der Waals surface area (Å²) in [7, 11) is 1.55. The first-order valence-corrected chi connectivity index (χ1v) is 13.4. The van der Waals surface area contributed by atoms with Gasteiger partial charge in [0.1, 0.15) is 17.8 Å². The number of hydrogen-bond donors (Lipinski definition) is 1. The number of para-hydroxylation sites is 1. The Morgan fingerprint density at radius 3 is 2.15 bits per heavy atom. The quantitative estimate of drug-likeness (QED) is 0.187. The molecule has 1 aliphatic carbocycles. The maximum absolute atomic E-state index is 13.9. The van der Waals surface area contributed by atoms with Crippen molar-refractivity contribution in [2.75, 3.05) is 7.11 Å². The maximum atomic E-state index is 13.9. The third-order valence-electron chi connectivity index (χ3n) is 8.07. The molecule has 0 spiro atoms. The van der Waals surface area contributed by atoms with Crippen molar-refractivity contribution < 1.29 is 24.2 Å². The monoisotopic (exact) mass is 544 g/mol. The van der Waals surface area contributed by atoms with E-state index in [1.807, 2.05) is 79.7 Å². The molecule has 1 saturated carbocycles. The Morgan fingerprint density at radius 1 is 0.756 bits per heavy atom. The van der Waals surface area contributed by atoms with E-state index < -0.39 is 35.6 Å². The molecule has 7 heteroatoms. The number of methoxy groups -OCH3 is 1. The van der Waals surface area contributed by atoms with Gasteiger partial charge in [-0.25, -0.2) is 9.97 Å². The number of aliphatic carboxylic acids is 1. The maximum Gasteiger partial charge on any atom is 0.315 e. The fourth-order valence-corrected chi connectivity index (χ4v) is 6.12. The number of aryl methyl sites for hydroxylation is 1. The van der Waals surface area contributed by atoms with Crippen LogP contribution in [-0.2, 0) is 9.59 Å². The van der Waals surface area contributed by atoms with Gasteiger partial charge in [0.25, 0.3) is 0 Å². The van der Waals surface area contributed by atoms with Crippen LogP contribution in [-0.4, -0.2) is 34.1 Å². The van der Waals surface area contributed by atoms with Gasteiger partial charge in [-0.3, -0.25) is 9.59 Å². The van der Waals surface area contributed by atoms with Crippen molar-refractivity contribution in [2.45, 2.75) is 18.8 Å². The Bertz CT molecular complexity index is 1750.